The van der Waals surface area contributed by atoms with E-state index >= 15 is 0 Å². The fraction of sp³-hybridized carbons (Fsp3) is 0.304. The van der Waals surface area contributed by atoms with Gasteiger partial charge >= 0.3 is 0 Å². The molecule has 0 spiro atoms. The average Bonchev–Trinajstić information content (AvgIpc) is 2.65. The smallest absolute Gasteiger partial charge is 0.147 e. The molecule has 146 valence electrons. The Morgan fingerprint density at radius 2 is 1.79 bits per heavy atom. The van der Waals surface area contributed by atoms with Crippen LogP contribution in [0.15, 0.2) is 41.5 Å². The van der Waals surface area contributed by atoms with Crippen molar-refractivity contribution in [2.75, 3.05) is 23.4 Å². The normalized spacial score (nSPS) is 11.3. The molecule has 0 radical (unpaired) electrons. The van der Waals surface area contributed by atoms with Gasteiger partial charge in [0.15, 0.2) is 0 Å². The SMILES string of the molecule is CCN(CC)c1ccc(/C=N/Nc2cc(C)c3cc(C)cc(C)c3n2)c(O)c1. The van der Waals surface area contributed by atoms with Crippen LogP contribution in [0.1, 0.15) is 36.1 Å². The summed E-state index contributed by atoms with van der Waals surface area (Å²) in [4.78, 5) is 6.88. The second-order valence-corrected chi connectivity index (χ2v) is 7.09. The van der Waals surface area contributed by atoms with Crippen molar-refractivity contribution in [2.45, 2.75) is 34.6 Å². The fourth-order valence-electron chi connectivity index (χ4n) is 3.50. The van der Waals surface area contributed by atoms with Crippen molar-refractivity contribution >= 4 is 28.6 Å². The lowest BCUT2D eigenvalue weighted by atomic mass is 10.0. The molecule has 1 aromatic heterocycles. The topological polar surface area (TPSA) is 60.8 Å². The summed E-state index contributed by atoms with van der Waals surface area (Å²) in [5.74, 6) is 0.899. The molecule has 0 atom stereocenters. The summed E-state index contributed by atoms with van der Waals surface area (Å²) in [6.45, 7) is 12.2. The molecule has 0 aliphatic heterocycles. The Bertz CT molecular complexity index is 1020. The molecule has 3 aromatic rings. The van der Waals surface area contributed by atoms with E-state index in [2.05, 4.69) is 62.2 Å². The summed E-state index contributed by atoms with van der Waals surface area (Å²) in [5.41, 5.74) is 9.17. The van der Waals surface area contributed by atoms with E-state index in [-0.39, 0.29) is 5.75 Å². The molecule has 0 bridgehead atoms. The number of hydrogen-bond donors (Lipinski definition) is 2. The van der Waals surface area contributed by atoms with Gasteiger partial charge in [-0.2, -0.15) is 5.10 Å². The molecule has 0 amide bonds. The first-order valence-corrected chi connectivity index (χ1v) is 9.68. The zero-order valence-corrected chi connectivity index (χ0v) is 17.2. The predicted molar refractivity (Wildman–Crippen MR) is 119 cm³/mol. The molecule has 0 fully saturated rings. The van der Waals surface area contributed by atoms with E-state index in [9.17, 15) is 5.11 Å². The number of pyridine rings is 1. The van der Waals surface area contributed by atoms with Gasteiger partial charge in [-0.15, -0.1) is 0 Å². The molecule has 2 N–H and O–H groups in total. The van der Waals surface area contributed by atoms with Gasteiger partial charge < -0.3 is 10.0 Å². The van der Waals surface area contributed by atoms with E-state index in [1.165, 1.54) is 5.56 Å². The lowest BCUT2D eigenvalue weighted by molar-refractivity contribution is 0.474. The standard InChI is InChI=1S/C23H28N4O/c1-6-27(7-2)19-9-8-18(21(28)13-19)14-24-26-22-12-16(4)20-11-15(3)10-17(5)23(20)25-22/h8-14,28H,6-7H2,1-5H3,(H,25,26)/b24-14+. The highest BCUT2D eigenvalue weighted by atomic mass is 16.3. The van der Waals surface area contributed by atoms with Gasteiger partial charge in [0.2, 0.25) is 0 Å². The lowest BCUT2D eigenvalue weighted by Gasteiger charge is -2.21. The third-order valence-electron chi connectivity index (χ3n) is 4.98. The maximum Gasteiger partial charge on any atom is 0.147 e. The van der Waals surface area contributed by atoms with Crippen LogP contribution in [0, 0.1) is 20.8 Å². The number of hydrogen-bond acceptors (Lipinski definition) is 5. The van der Waals surface area contributed by atoms with E-state index in [4.69, 9.17) is 4.98 Å². The molecule has 2 aromatic carbocycles. The summed E-state index contributed by atoms with van der Waals surface area (Å²) in [6, 6.07) is 11.9. The molecule has 5 nitrogen and oxygen atoms in total. The van der Waals surface area contributed by atoms with Crippen LogP contribution in [-0.4, -0.2) is 29.4 Å². The largest absolute Gasteiger partial charge is 0.507 e. The van der Waals surface area contributed by atoms with Crippen molar-refractivity contribution in [3.05, 3.63) is 58.7 Å². The van der Waals surface area contributed by atoms with E-state index in [1.807, 2.05) is 18.2 Å². The molecule has 0 aliphatic rings. The maximum atomic E-state index is 10.3. The number of anilines is 2. The molecule has 0 saturated heterocycles. The van der Waals surface area contributed by atoms with Crippen LogP contribution in [0.4, 0.5) is 11.5 Å². The number of rotatable bonds is 6. The van der Waals surface area contributed by atoms with Gasteiger partial charge in [-0.1, -0.05) is 11.6 Å². The summed E-state index contributed by atoms with van der Waals surface area (Å²) in [5, 5.41) is 15.8. The molecule has 0 saturated carbocycles. The Morgan fingerprint density at radius 3 is 2.46 bits per heavy atom. The third-order valence-corrected chi connectivity index (χ3v) is 4.98. The van der Waals surface area contributed by atoms with Gasteiger partial charge in [0, 0.05) is 35.8 Å². The zero-order valence-electron chi connectivity index (χ0n) is 17.2. The number of hydrazone groups is 1. The van der Waals surface area contributed by atoms with Crippen LogP contribution in [0.3, 0.4) is 0 Å². The van der Waals surface area contributed by atoms with Crippen molar-refractivity contribution in [3.8, 4) is 5.75 Å². The van der Waals surface area contributed by atoms with E-state index in [0.717, 1.165) is 40.8 Å². The van der Waals surface area contributed by atoms with Gasteiger partial charge in [0.1, 0.15) is 11.6 Å². The molecule has 5 heteroatoms. The Hall–Kier alpha value is -3.08. The first kappa shape index (κ1) is 19.7. The molecule has 1 heterocycles. The summed E-state index contributed by atoms with van der Waals surface area (Å²) in [6.07, 6.45) is 1.62. The van der Waals surface area contributed by atoms with Gasteiger partial charge in [-0.3, -0.25) is 5.43 Å². The molecule has 0 unspecified atom stereocenters. The maximum absolute atomic E-state index is 10.3. The second-order valence-electron chi connectivity index (χ2n) is 7.09. The van der Waals surface area contributed by atoms with E-state index < -0.39 is 0 Å². The third kappa shape index (κ3) is 4.09. The first-order chi connectivity index (χ1) is 13.4. The molecular weight excluding hydrogens is 348 g/mol. The van der Waals surface area contributed by atoms with E-state index in [1.54, 1.807) is 12.3 Å². The molecule has 28 heavy (non-hydrogen) atoms. The summed E-state index contributed by atoms with van der Waals surface area (Å²) in [7, 11) is 0. The highest BCUT2D eigenvalue weighted by Crippen LogP contribution is 2.25. The first-order valence-electron chi connectivity index (χ1n) is 9.68. The van der Waals surface area contributed by atoms with Gasteiger partial charge in [-0.05, 0) is 70.0 Å². The second kappa shape index (κ2) is 8.30. The highest BCUT2D eigenvalue weighted by Gasteiger charge is 2.07. The van der Waals surface area contributed by atoms with Crippen molar-refractivity contribution in [3.63, 3.8) is 0 Å². The van der Waals surface area contributed by atoms with Crippen molar-refractivity contribution in [1.29, 1.82) is 0 Å². The van der Waals surface area contributed by atoms with Crippen LogP contribution in [0.2, 0.25) is 0 Å². The van der Waals surface area contributed by atoms with Crippen molar-refractivity contribution < 1.29 is 5.11 Å². The summed E-state index contributed by atoms with van der Waals surface area (Å²) < 4.78 is 0. The Labute approximate surface area is 166 Å². The predicted octanol–water partition coefficient (Wildman–Crippen LogP) is 5.16. The summed E-state index contributed by atoms with van der Waals surface area (Å²) >= 11 is 0. The quantitative estimate of drug-likeness (QED) is 0.461. The number of fused-ring (bicyclic) bond motifs is 1. The van der Waals surface area contributed by atoms with E-state index in [0.29, 0.717) is 11.4 Å². The average molecular weight is 377 g/mol. The lowest BCUT2D eigenvalue weighted by Crippen LogP contribution is -2.21. The van der Waals surface area contributed by atoms with Gasteiger partial charge in [-0.25, -0.2) is 4.98 Å². The Balaban J connectivity index is 1.81. The van der Waals surface area contributed by atoms with Crippen LogP contribution < -0.4 is 10.3 Å². The molecular formula is C23H28N4O. The Kier molecular flexibility index (Phi) is 5.83. The number of aryl methyl sites for hydroxylation is 3. The number of aromatic nitrogens is 1. The van der Waals surface area contributed by atoms with Crippen LogP contribution in [0.25, 0.3) is 10.9 Å². The van der Waals surface area contributed by atoms with Gasteiger partial charge in [0.25, 0.3) is 0 Å². The van der Waals surface area contributed by atoms with Gasteiger partial charge in [0.05, 0.1) is 11.7 Å². The minimum Gasteiger partial charge on any atom is -0.507 e. The number of benzene rings is 2. The number of nitrogens with one attached hydrogen (secondary N) is 1. The van der Waals surface area contributed by atoms with Crippen molar-refractivity contribution in [2.24, 2.45) is 5.10 Å². The van der Waals surface area contributed by atoms with Crippen LogP contribution in [0.5, 0.6) is 5.75 Å². The number of aromatic hydroxyl groups is 1. The highest BCUT2D eigenvalue weighted by molar-refractivity contribution is 5.88. The van der Waals surface area contributed by atoms with Crippen LogP contribution in [-0.2, 0) is 0 Å². The number of phenolic OH excluding ortho intramolecular Hbond substituents is 1. The minimum atomic E-state index is 0.212. The minimum absolute atomic E-state index is 0.212. The molecule has 0 aliphatic carbocycles. The number of phenols is 1. The number of nitrogens with zero attached hydrogens (tertiary/aromatic N) is 3. The van der Waals surface area contributed by atoms with Crippen LogP contribution >= 0.6 is 0 Å². The van der Waals surface area contributed by atoms with Crippen molar-refractivity contribution in [1.82, 2.24) is 4.98 Å². The zero-order chi connectivity index (χ0) is 20.3. The Morgan fingerprint density at radius 1 is 1.04 bits per heavy atom. The fourth-order valence-corrected chi connectivity index (χ4v) is 3.50. The molecule has 3 rings (SSSR count). The monoisotopic (exact) mass is 376 g/mol.